The van der Waals surface area contributed by atoms with Crippen LogP contribution >= 0.6 is 0 Å². The van der Waals surface area contributed by atoms with Gasteiger partial charge in [-0.05, 0) is 48.2 Å². The Kier molecular flexibility index (Phi) is 3.98. The third-order valence-corrected chi connectivity index (χ3v) is 4.70. The van der Waals surface area contributed by atoms with Crippen molar-refractivity contribution in [2.24, 2.45) is 0 Å². The van der Waals surface area contributed by atoms with Gasteiger partial charge in [0, 0.05) is 29.1 Å². The number of rotatable bonds is 4. The second kappa shape index (κ2) is 6.44. The van der Waals surface area contributed by atoms with Gasteiger partial charge in [-0.25, -0.2) is 0 Å². The Hall–Kier alpha value is -3.07. The first kappa shape index (κ1) is 15.5. The highest BCUT2D eigenvalue weighted by atomic mass is 16.1. The SMILES string of the molecule is [CH2]C(c1cccc2ncccc12)C(C=O)c1cccc2ncccc12. The van der Waals surface area contributed by atoms with Crippen LogP contribution < -0.4 is 0 Å². The number of aldehydes is 1. The van der Waals surface area contributed by atoms with E-state index in [0.29, 0.717) is 0 Å². The molecule has 0 N–H and O–H groups in total. The Morgan fingerprint density at radius 2 is 1.32 bits per heavy atom. The molecule has 0 amide bonds. The number of benzene rings is 2. The lowest BCUT2D eigenvalue weighted by Crippen LogP contribution is -2.11. The molecule has 1 radical (unpaired) electrons. The summed E-state index contributed by atoms with van der Waals surface area (Å²) in [6.07, 6.45) is 4.53. The largest absolute Gasteiger partial charge is 0.303 e. The van der Waals surface area contributed by atoms with Gasteiger partial charge in [-0.15, -0.1) is 0 Å². The minimum atomic E-state index is -0.348. The molecule has 0 aliphatic heterocycles. The van der Waals surface area contributed by atoms with Crippen LogP contribution in [0.15, 0.2) is 73.1 Å². The Morgan fingerprint density at radius 1 is 0.760 bits per heavy atom. The zero-order valence-electron chi connectivity index (χ0n) is 13.7. The van der Waals surface area contributed by atoms with Crippen LogP contribution in [0.3, 0.4) is 0 Å². The predicted octanol–water partition coefficient (Wildman–Crippen LogP) is 4.68. The molecule has 0 bridgehead atoms. The highest BCUT2D eigenvalue weighted by Crippen LogP contribution is 2.36. The van der Waals surface area contributed by atoms with Crippen molar-refractivity contribution < 1.29 is 4.79 Å². The van der Waals surface area contributed by atoms with E-state index >= 15 is 0 Å². The van der Waals surface area contributed by atoms with Crippen LogP contribution in [0.4, 0.5) is 0 Å². The van der Waals surface area contributed by atoms with Gasteiger partial charge in [-0.3, -0.25) is 9.97 Å². The van der Waals surface area contributed by atoms with Crippen molar-refractivity contribution >= 4 is 28.1 Å². The van der Waals surface area contributed by atoms with Gasteiger partial charge in [0.25, 0.3) is 0 Å². The Labute approximate surface area is 146 Å². The molecule has 0 spiro atoms. The molecular formula is C22H17N2O. The van der Waals surface area contributed by atoms with Crippen molar-refractivity contribution in [2.75, 3.05) is 0 Å². The summed E-state index contributed by atoms with van der Waals surface area (Å²) in [6, 6.07) is 19.7. The lowest BCUT2D eigenvalue weighted by atomic mass is 9.81. The fourth-order valence-corrected chi connectivity index (χ4v) is 3.45. The molecule has 0 aliphatic rings. The molecule has 2 aromatic heterocycles. The first-order valence-corrected chi connectivity index (χ1v) is 8.25. The summed E-state index contributed by atoms with van der Waals surface area (Å²) < 4.78 is 0. The second-order valence-corrected chi connectivity index (χ2v) is 6.10. The summed E-state index contributed by atoms with van der Waals surface area (Å²) >= 11 is 0. The highest BCUT2D eigenvalue weighted by Gasteiger charge is 2.23. The van der Waals surface area contributed by atoms with E-state index in [0.717, 1.165) is 39.2 Å². The number of fused-ring (bicyclic) bond motifs is 2. The van der Waals surface area contributed by atoms with Gasteiger partial charge in [0.05, 0.1) is 11.0 Å². The van der Waals surface area contributed by atoms with E-state index in [1.165, 1.54) is 0 Å². The fraction of sp³-hybridized carbons (Fsp3) is 0.0909. The molecule has 4 rings (SSSR count). The van der Waals surface area contributed by atoms with Crippen molar-refractivity contribution in [3.63, 3.8) is 0 Å². The molecule has 2 atom stereocenters. The van der Waals surface area contributed by atoms with E-state index in [9.17, 15) is 4.79 Å². The third kappa shape index (κ3) is 2.68. The van der Waals surface area contributed by atoms with Gasteiger partial charge in [-0.1, -0.05) is 36.4 Å². The predicted molar refractivity (Wildman–Crippen MR) is 100 cm³/mol. The summed E-state index contributed by atoms with van der Waals surface area (Å²) in [6.45, 7) is 4.33. The molecule has 0 saturated heterocycles. The van der Waals surface area contributed by atoms with E-state index in [-0.39, 0.29) is 11.8 Å². The molecule has 0 fully saturated rings. The van der Waals surface area contributed by atoms with Crippen LogP contribution in [-0.2, 0) is 4.79 Å². The molecule has 2 unspecified atom stereocenters. The van der Waals surface area contributed by atoms with E-state index < -0.39 is 0 Å². The number of hydrogen-bond acceptors (Lipinski definition) is 3. The van der Waals surface area contributed by atoms with Gasteiger partial charge in [0.1, 0.15) is 6.29 Å². The Balaban J connectivity index is 1.87. The second-order valence-electron chi connectivity index (χ2n) is 6.10. The van der Waals surface area contributed by atoms with Gasteiger partial charge in [-0.2, -0.15) is 0 Å². The van der Waals surface area contributed by atoms with Gasteiger partial charge < -0.3 is 4.79 Å². The summed E-state index contributed by atoms with van der Waals surface area (Å²) in [4.78, 5) is 20.8. The van der Waals surface area contributed by atoms with Gasteiger partial charge in [0.15, 0.2) is 0 Å². The topological polar surface area (TPSA) is 42.9 Å². The van der Waals surface area contributed by atoms with Gasteiger partial charge >= 0.3 is 0 Å². The molecule has 4 aromatic rings. The van der Waals surface area contributed by atoms with Gasteiger partial charge in [0.2, 0.25) is 0 Å². The number of hydrogen-bond donors (Lipinski definition) is 0. The molecule has 3 heteroatoms. The standard InChI is InChI=1S/C22H17N2O/c1-15(16-6-2-10-21-18(16)8-4-12-23-21)20(14-25)17-7-3-11-22-19(17)9-5-13-24-22/h2-15,20H,1H2. The maximum absolute atomic E-state index is 12.0. The third-order valence-electron chi connectivity index (χ3n) is 4.70. The van der Waals surface area contributed by atoms with Crippen molar-refractivity contribution in [2.45, 2.75) is 11.8 Å². The van der Waals surface area contributed by atoms with E-state index in [2.05, 4.69) is 16.9 Å². The Bertz CT molecular complexity index is 1050. The highest BCUT2D eigenvalue weighted by molar-refractivity contribution is 5.88. The minimum Gasteiger partial charge on any atom is -0.303 e. The zero-order valence-corrected chi connectivity index (χ0v) is 13.7. The van der Waals surface area contributed by atoms with E-state index in [1.54, 1.807) is 12.4 Å². The average molecular weight is 325 g/mol. The number of nitrogens with zero attached hydrogens (tertiary/aromatic N) is 2. The van der Waals surface area contributed by atoms with Crippen LogP contribution in [0, 0.1) is 6.92 Å². The van der Waals surface area contributed by atoms with Crippen LogP contribution in [0.2, 0.25) is 0 Å². The van der Waals surface area contributed by atoms with Crippen molar-refractivity contribution in [3.05, 3.63) is 91.1 Å². The molecule has 3 nitrogen and oxygen atoms in total. The zero-order chi connectivity index (χ0) is 17.2. The first-order chi connectivity index (χ1) is 12.3. The van der Waals surface area contributed by atoms with Crippen LogP contribution in [0.1, 0.15) is 23.0 Å². The molecule has 0 saturated carbocycles. The number of carbonyl (C=O) groups is 1. The molecule has 0 aliphatic carbocycles. The lowest BCUT2D eigenvalue weighted by molar-refractivity contribution is -0.109. The lowest BCUT2D eigenvalue weighted by Gasteiger charge is -2.22. The summed E-state index contributed by atoms with van der Waals surface area (Å²) in [5, 5.41) is 2.03. The average Bonchev–Trinajstić information content (AvgIpc) is 2.68. The maximum atomic E-state index is 12.0. The van der Waals surface area contributed by atoms with Crippen molar-refractivity contribution in [1.29, 1.82) is 0 Å². The summed E-state index contributed by atoms with van der Waals surface area (Å²) in [5.41, 5.74) is 3.79. The molecule has 2 heterocycles. The van der Waals surface area contributed by atoms with Crippen molar-refractivity contribution in [3.8, 4) is 0 Å². The normalized spacial score (nSPS) is 13.6. The Morgan fingerprint density at radius 3 is 1.92 bits per heavy atom. The summed E-state index contributed by atoms with van der Waals surface area (Å²) in [5.74, 6) is -0.560. The molecular weight excluding hydrogens is 308 g/mol. The number of carbonyl (C=O) groups excluding carboxylic acids is 1. The monoisotopic (exact) mass is 325 g/mol. The molecule has 2 aromatic carbocycles. The molecule has 25 heavy (non-hydrogen) atoms. The number of pyridine rings is 2. The fourth-order valence-electron chi connectivity index (χ4n) is 3.45. The molecule has 121 valence electrons. The first-order valence-electron chi connectivity index (χ1n) is 8.25. The minimum absolute atomic E-state index is 0.212. The van der Waals surface area contributed by atoms with Crippen molar-refractivity contribution in [1.82, 2.24) is 9.97 Å². The smallest absolute Gasteiger partial charge is 0.128 e. The quantitative estimate of drug-likeness (QED) is 0.512. The summed E-state index contributed by atoms with van der Waals surface area (Å²) in [7, 11) is 0. The number of aromatic nitrogens is 2. The van der Waals surface area contributed by atoms with Crippen LogP contribution in [-0.4, -0.2) is 16.3 Å². The van der Waals surface area contributed by atoms with E-state index in [1.807, 2.05) is 60.7 Å². The maximum Gasteiger partial charge on any atom is 0.128 e. The van der Waals surface area contributed by atoms with Crippen LogP contribution in [0.25, 0.3) is 21.8 Å². The van der Waals surface area contributed by atoms with E-state index in [4.69, 9.17) is 0 Å². The van der Waals surface area contributed by atoms with Crippen LogP contribution in [0.5, 0.6) is 0 Å².